The maximum atomic E-state index is 11.9. The molecule has 0 radical (unpaired) electrons. The number of ether oxygens (including phenoxy) is 1. The van der Waals surface area contributed by atoms with Gasteiger partial charge in [0, 0.05) is 6.04 Å². The summed E-state index contributed by atoms with van der Waals surface area (Å²) in [6.45, 7) is 4.41. The predicted molar refractivity (Wildman–Crippen MR) is 101 cm³/mol. The summed E-state index contributed by atoms with van der Waals surface area (Å²) in [5, 5.41) is 6.84. The summed E-state index contributed by atoms with van der Waals surface area (Å²) in [6.07, 6.45) is 2.12. The zero-order valence-corrected chi connectivity index (χ0v) is 15.6. The molecule has 1 aromatic heterocycles. The van der Waals surface area contributed by atoms with Gasteiger partial charge in [-0.1, -0.05) is 12.1 Å². The number of imidazole rings is 1. The van der Waals surface area contributed by atoms with Crippen LogP contribution in [0.15, 0.2) is 24.3 Å². The first-order valence-electron chi connectivity index (χ1n) is 7.86. The number of hydrogen-bond donors (Lipinski definition) is 2. The minimum atomic E-state index is -0.237. The van der Waals surface area contributed by atoms with Crippen LogP contribution >= 0.6 is 24.0 Å². The molecular formula is C16H23IN4O2. The molecular weight excluding hydrogens is 407 g/mol. The summed E-state index contributed by atoms with van der Waals surface area (Å²) in [5.41, 5.74) is 1.84. The number of hydrogen-bond acceptors (Lipinski definition) is 5. The molecule has 0 amide bonds. The van der Waals surface area contributed by atoms with E-state index in [4.69, 9.17) is 4.74 Å². The number of nitrogens with zero attached hydrogens (tertiary/aromatic N) is 2. The van der Waals surface area contributed by atoms with Gasteiger partial charge in [0.15, 0.2) is 0 Å². The van der Waals surface area contributed by atoms with Crippen LogP contribution in [0.1, 0.15) is 19.8 Å². The number of piperidine rings is 1. The maximum absolute atomic E-state index is 11.9. The van der Waals surface area contributed by atoms with Gasteiger partial charge in [0.05, 0.1) is 17.6 Å². The van der Waals surface area contributed by atoms with Crippen molar-refractivity contribution in [3.63, 3.8) is 0 Å². The van der Waals surface area contributed by atoms with Gasteiger partial charge in [-0.3, -0.25) is 9.36 Å². The summed E-state index contributed by atoms with van der Waals surface area (Å²) in [6, 6.07) is 8.25. The second kappa shape index (κ2) is 8.49. The number of rotatable bonds is 5. The molecule has 0 bridgehead atoms. The SMILES string of the molecule is CCOC(=O)Cn1c(NC2CCNCC2)nc2ccccc21.I. The summed E-state index contributed by atoms with van der Waals surface area (Å²) >= 11 is 0. The van der Waals surface area contributed by atoms with E-state index < -0.39 is 0 Å². The zero-order valence-electron chi connectivity index (χ0n) is 13.2. The van der Waals surface area contributed by atoms with Gasteiger partial charge >= 0.3 is 5.97 Å². The lowest BCUT2D eigenvalue weighted by atomic mass is 10.1. The molecule has 1 aromatic carbocycles. The van der Waals surface area contributed by atoms with Crippen LogP contribution in [-0.4, -0.2) is 41.3 Å². The second-order valence-corrected chi connectivity index (χ2v) is 5.48. The zero-order chi connectivity index (χ0) is 15.4. The Kier molecular flexibility index (Phi) is 6.64. The molecule has 1 aliphatic heterocycles. The molecule has 1 saturated heterocycles. The smallest absolute Gasteiger partial charge is 0.326 e. The van der Waals surface area contributed by atoms with Crippen LogP contribution in [0.3, 0.4) is 0 Å². The number of fused-ring (bicyclic) bond motifs is 1. The molecule has 6 nitrogen and oxygen atoms in total. The molecule has 1 fully saturated rings. The van der Waals surface area contributed by atoms with E-state index in [-0.39, 0.29) is 36.5 Å². The van der Waals surface area contributed by atoms with Crippen molar-refractivity contribution < 1.29 is 9.53 Å². The summed E-state index contributed by atoms with van der Waals surface area (Å²) < 4.78 is 7.00. The molecule has 0 atom stereocenters. The van der Waals surface area contributed by atoms with E-state index in [2.05, 4.69) is 15.6 Å². The van der Waals surface area contributed by atoms with E-state index in [9.17, 15) is 4.79 Å². The number of anilines is 1. The number of esters is 1. The van der Waals surface area contributed by atoms with E-state index in [1.54, 1.807) is 0 Å². The molecule has 1 aliphatic rings. The second-order valence-electron chi connectivity index (χ2n) is 5.48. The molecule has 0 spiro atoms. The van der Waals surface area contributed by atoms with Crippen molar-refractivity contribution in [1.82, 2.24) is 14.9 Å². The minimum absolute atomic E-state index is 0. The average Bonchev–Trinajstić information content (AvgIpc) is 2.86. The number of nitrogens with one attached hydrogen (secondary N) is 2. The van der Waals surface area contributed by atoms with Gasteiger partial charge in [-0.2, -0.15) is 0 Å². The fraction of sp³-hybridized carbons (Fsp3) is 0.500. The van der Waals surface area contributed by atoms with Crippen molar-refractivity contribution in [2.75, 3.05) is 25.0 Å². The number of benzene rings is 1. The molecule has 7 heteroatoms. The first kappa shape index (κ1) is 18.0. The third kappa shape index (κ3) is 4.35. The van der Waals surface area contributed by atoms with Crippen molar-refractivity contribution in [1.29, 1.82) is 0 Å². The predicted octanol–water partition coefficient (Wildman–Crippen LogP) is 2.38. The third-order valence-electron chi connectivity index (χ3n) is 3.92. The van der Waals surface area contributed by atoms with Gasteiger partial charge in [-0.15, -0.1) is 24.0 Å². The molecule has 2 aromatic rings. The Morgan fingerprint density at radius 2 is 2.13 bits per heavy atom. The molecule has 3 rings (SSSR count). The molecule has 23 heavy (non-hydrogen) atoms. The highest BCUT2D eigenvalue weighted by Gasteiger charge is 2.18. The van der Waals surface area contributed by atoms with E-state index in [1.807, 2.05) is 35.8 Å². The molecule has 0 aliphatic carbocycles. The van der Waals surface area contributed by atoms with Crippen LogP contribution in [0, 0.1) is 0 Å². The van der Waals surface area contributed by atoms with Crippen molar-refractivity contribution in [2.45, 2.75) is 32.4 Å². The van der Waals surface area contributed by atoms with Crippen LogP contribution in [-0.2, 0) is 16.1 Å². The van der Waals surface area contributed by atoms with Crippen molar-refractivity contribution in [2.24, 2.45) is 0 Å². The molecule has 0 saturated carbocycles. The highest BCUT2D eigenvalue weighted by Crippen LogP contribution is 2.21. The number of carbonyl (C=O) groups is 1. The fourth-order valence-corrected chi connectivity index (χ4v) is 2.83. The van der Waals surface area contributed by atoms with Crippen LogP contribution in [0.4, 0.5) is 5.95 Å². The lowest BCUT2D eigenvalue weighted by Crippen LogP contribution is -2.36. The van der Waals surface area contributed by atoms with E-state index in [0.29, 0.717) is 12.6 Å². The first-order valence-corrected chi connectivity index (χ1v) is 7.86. The molecule has 2 N–H and O–H groups in total. The first-order chi connectivity index (χ1) is 10.8. The highest BCUT2D eigenvalue weighted by molar-refractivity contribution is 14.0. The minimum Gasteiger partial charge on any atom is -0.465 e. The Labute approximate surface area is 153 Å². The lowest BCUT2D eigenvalue weighted by molar-refractivity contribution is -0.143. The molecule has 126 valence electrons. The van der Waals surface area contributed by atoms with Gasteiger partial charge in [0.25, 0.3) is 0 Å². The monoisotopic (exact) mass is 430 g/mol. The highest BCUT2D eigenvalue weighted by atomic mass is 127. The Morgan fingerprint density at radius 1 is 1.39 bits per heavy atom. The van der Waals surface area contributed by atoms with Crippen molar-refractivity contribution >= 4 is 46.9 Å². The van der Waals surface area contributed by atoms with Crippen molar-refractivity contribution in [3.05, 3.63) is 24.3 Å². The lowest BCUT2D eigenvalue weighted by Gasteiger charge is -2.24. The largest absolute Gasteiger partial charge is 0.465 e. The fourth-order valence-electron chi connectivity index (χ4n) is 2.83. The summed E-state index contributed by atoms with van der Waals surface area (Å²) in [5.74, 6) is 0.514. The van der Waals surface area contributed by atoms with Crippen LogP contribution < -0.4 is 10.6 Å². The standard InChI is InChI=1S/C16H22N4O2.HI/c1-2-22-15(21)11-20-14-6-4-3-5-13(14)19-16(20)18-12-7-9-17-10-8-12;/h3-6,12,17H,2,7-11H2,1H3,(H,18,19);1H. The Hall–Kier alpha value is -1.35. The van der Waals surface area contributed by atoms with E-state index in [0.717, 1.165) is 42.9 Å². The number of halogens is 1. The van der Waals surface area contributed by atoms with Crippen molar-refractivity contribution in [3.8, 4) is 0 Å². The quantitative estimate of drug-likeness (QED) is 0.564. The normalized spacial score (nSPS) is 15.2. The number of aromatic nitrogens is 2. The summed E-state index contributed by atoms with van der Waals surface area (Å²) in [4.78, 5) is 16.5. The van der Waals surface area contributed by atoms with Gasteiger partial charge in [0.2, 0.25) is 5.95 Å². The Bertz CT molecular complexity index is 653. The summed E-state index contributed by atoms with van der Waals surface area (Å²) in [7, 11) is 0. The van der Waals surface area contributed by atoms with Gasteiger partial charge in [0.1, 0.15) is 6.54 Å². The number of para-hydroxylation sites is 2. The van der Waals surface area contributed by atoms with E-state index in [1.165, 1.54) is 0 Å². The van der Waals surface area contributed by atoms with Crippen LogP contribution in [0.5, 0.6) is 0 Å². The van der Waals surface area contributed by atoms with Crippen LogP contribution in [0.25, 0.3) is 11.0 Å². The van der Waals surface area contributed by atoms with E-state index >= 15 is 0 Å². The van der Waals surface area contributed by atoms with Gasteiger partial charge in [-0.05, 0) is 45.0 Å². The maximum Gasteiger partial charge on any atom is 0.326 e. The van der Waals surface area contributed by atoms with Gasteiger partial charge < -0.3 is 15.4 Å². The molecule has 2 heterocycles. The van der Waals surface area contributed by atoms with Gasteiger partial charge in [-0.25, -0.2) is 4.98 Å². The Morgan fingerprint density at radius 3 is 2.87 bits per heavy atom. The topological polar surface area (TPSA) is 68.2 Å². The number of carbonyl (C=O) groups excluding carboxylic acids is 1. The third-order valence-corrected chi connectivity index (χ3v) is 3.92. The molecule has 0 unspecified atom stereocenters. The van der Waals surface area contributed by atoms with Crippen LogP contribution in [0.2, 0.25) is 0 Å². The average molecular weight is 430 g/mol. The Balaban J connectivity index is 0.00000192.